The van der Waals surface area contributed by atoms with Crippen LogP contribution in [-0.4, -0.2) is 90.6 Å². The highest BCUT2D eigenvalue weighted by atomic mass is 16.7. The molecule has 49 heavy (non-hydrogen) atoms. The smallest absolute Gasteiger partial charge is 0.335 e. The van der Waals surface area contributed by atoms with Crippen molar-refractivity contribution in [3.8, 4) is 34.5 Å². The van der Waals surface area contributed by atoms with E-state index < -0.39 is 48.5 Å². The Kier molecular flexibility index (Phi) is 9.42. The van der Waals surface area contributed by atoms with Crippen LogP contribution >= 0.6 is 0 Å². The zero-order valence-electron chi connectivity index (χ0n) is 25.5. The molecule has 0 radical (unpaired) electrons. The van der Waals surface area contributed by atoms with E-state index in [1.165, 1.54) is 24.3 Å². The van der Waals surface area contributed by atoms with E-state index in [4.69, 9.17) is 29.1 Å². The zero-order valence-corrected chi connectivity index (χ0v) is 25.5. The Morgan fingerprint density at radius 2 is 1.71 bits per heavy atom. The summed E-state index contributed by atoms with van der Waals surface area (Å²) in [5, 5.41) is 80.3. The van der Waals surface area contributed by atoms with E-state index in [1.807, 2.05) is 0 Å². The average Bonchev–Trinajstić information content (AvgIpc) is 3.49. The molecule has 1 saturated heterocycles. The van der Waals surface area contributed by atoms with Crippen molar-refractivity contribution in [2.24, 2.45) is 4.99 Å². The van der Waals surface area contributed by atoms with E-state index in [2.05, 4.69) is 4.99 Å². The highest BCUT2D eigenvalue weighted by Gasteiger charge is 2.48. The second kappa shape index (κ2) is 13.9. The van der Waals surface area contributed by atoms with Crippen molar-refractivity contribution in [3.05, 3.63) is 89.5 Å². The molecule has 15 nitrogen and oxygen atoms in total. The molecule has 0 saturated carbocycles. The largest absolute Gasteiger partial charge is 0.508 e. The third-order valence-corrected chi connectivity index (χ3v) is 7.89. The topological polar surface area (TPSA) is 241 Å². The molecule has 0 amide bonds. The number of fused-ring (bicyclic) bond motifs is 1. The number of aromatic hydroxyl groups is 2. The lowest BCUT2D eigenvalue weighted by Gasteiger charge is -2.38. The second-order valence-electron chi connectivity index (χ2n) is 11.3. The number of aliphatic carboxylic acids is 1. The van der Waals surface area contributed by atoms with Crippen molar-refractivity contribution in [1.82, 2.24) is 0 Å². The molecule has 15 heteroatoms. The maximum Gasteiger partial charge on any atom is 0.335 e. The highest BCUT2D eigenvalue weighted by molar-refractivity contribution is 6.14. The number of aliphatic imine (C=N–C) groups is 1. The third kappa shape index (κ3) is 7.14. The monoisotopic (exact) mass is 676 g/mol. The molecule has 256 valence electrons. The molecule has 3 aliphatic heterocycles. The number of ether oxygens (including phenoxy) is 5. The van der Waals surface area contributed by atoms with Crippen LogP contribution in [-0.2, 0) is 16.1 Å². The number of carboxylic acid groups (broad SMARTS) is 1. The van der Waals surface area contributed by atoms with Gasteiger partial charge in [0, 0.05) is 24.3 Å². The third-order valence-electron chi connectivity index (χ3n) is 7.89. The predicted octanol–water partition coefficient (Wildman–Crippen LogP) is 2.74. The summed E-state index contributed by atoms with van der Waals surface area (Å²) in [4.78, 5) is 15.7. The van der Waals surface area contributed by atoms with E-state index in [0.29, 0.717) is 29.9 Å². The fourth-order valence-electron chi connectivity index (χ4n) is 5.38. The van der Waals surface area contributed by atoms with Gasteiger partial charge in [0.05, 0.1) is 6.61 Å². The van der Waals surface area contributed by atoms with Gasteiger partial charge in [-0.3, -0.25) is 5.41 Å². The first-order valence-corrected chi connectivity index (χ1v) is 15.0. The highest BCUT2D eigenvalue weighted by Crippen LogP contribution is 2.51. The van der Waals surface area contributed by atoms with Crippen molar-refractivity contribution >= 4 is 23.3 Å². The molecule has 3 heterocycles. The number of carbonyl (C=O) groups is 1. The number of allylic oxidation sites excluding steroid dienone is 1. The predicted molar refractivity (Wildman–Crippen MR) is 170 cm³/mol. The van der Waals surface area contributed by atoms with Crippen molar-refractivity contribution in [3.63, 3.8) is 0 Å². The normalized spacial score (nSPS) is 24.3. The SMILES string of the molecule is N=C1C=CC(CCOc2ccc(C3C=C(O)c4c(cc(OC5OC(C(=O)O)C(O)C(O)C5O)c(OCc5cccc(O)c5)c4O)O3)cc2)=N1. The molecule has 3 aromatic rings. The van der Waals surface area contributed by atoms with Gasteiger partial charge in [-0.2, -0.15) is 0 Å². The van der Waals surface area contributed by atoms with E-state index in [9.17, 15) is 40.5 Å². The van der Waals surface area contributed by atoms with E-state index in [-0.39, 0.29) is 46.8 Å². The Morgan fingerprint density at radius 3 is 2.41 bits per heavy atom. The van der Waals surface area contributed by atoms with E-state index in [1.54, 1.807) is 48.6 Å². The average molecular weight is 677 g/mol. The molecule has 0 aromatic heterocycles. The first-order chi connectivity index (χ1) is 23.5. The van der Waals surface area contributed by atoms with Crippen LogP contribution in [0.2, 0.25) is 0 Å². The van der Waals surface area contributed by atoms with Gasteiger partial charge >= 0.3 is 5.97 Å². The van der Waals surface area contributed by atoms with E-state index in [0.717, 1.165) is 5.71 Å². The summed E-state index contributed by atoms with van der Waals surface area (Å²) in [7, 11) is 0. The van der Waals surface area contributed by atoms with Crippen LogP contribution < -0.4 is 18.9 Å². The van der Waals surface area contributed by atoms with Crippen LogP contribution in [0, 0.1) is 5.41 Å². The maximum atomic E-state index is 11.7. The Hall–Kier alpha value is -5.61. The minimum Gasteiger partial charge on any atom is -0.508 e. The second-order valence-corrected chi connectivity index (χ2v) is 11.3. The van der Waals surface area contributed by atoms with Gasteiger partial charge in [0.2, 0.25) is 12.0 Å². The van der Waals surface area contributed by atoms with Crippen LogP contribution in [0.25, 0.3) is 5.76 Å². The van der Waals surface area contributed by atoms with Gasteiger partial charge < -0.3 is 59.4 Å². The molecule has 8 N–H and O–H groups in total. The molecular weight excluding hydrogens is 644 g/mol. The summed E-state index contributed by atoms with van der Waals surface area (Å²) < 4.78 is 28.8. The fourth-order valence-corrected chi connectivity index (χ4v) is 5.38. The first-order valence-electron chi connectivity index (χ1n) is 15.0. The lowest BCUT2D eigenvalue weighted by Crippen LogP contribution is -2.61. The lowest BCUT2D eigenvalue weighted by molar-refractivity contribution is -0.271. The van der Waals surface area contributed by atoms with Gasteiger partial charge in [-0.15, -0.1) is 0 Å². The lowest BCUT2D eigenvalue weighted by atomic mass is 9.99. The standard InChI is InChI=1S/C34H32N2O13/c35-25-9-6-18(36-25)10-11-45-20-7-4-17(5-8-20)22-13-21(38)26-23(47-22)14-24(31(27(26)39)46-15-16-2-1-3-19(37)12-16)48-34-30(42)28(40)29(41)32(49-34)33(43)44/h1-9,12-14,22,28-30,32,34-35,37-42H,10-11,15H2,(H,43,44). The summed E-state index contributed by atoms with van der Waals surface area (Å²) in [6.07, 6.45) is -5.31. The molecule has 3 aromatic carbocycles. The van der Waals surface area contributed by atoms with Crippen molar-refractivity contribution < 1.29 is 64.2 Å². The molecule has 6 unspecified atom stereocenters. The Balaban J connectivity index is 1.26. The van der Waals surface area contributed by atoms with Crippen LogP contribution in [0.4, 0.5) is 0 Å². The molecule has 0 spiro atoms. The van der Waals surface area contributed by atoms with Gasteiger partial charge in [-0.25, -0.2) is 9.79 Å². The number of aliphatic hydroxyl groups is 4. The van der Waals surface area contributed by atoms with Crippen LogP contribution in [0.1, 0.15) is 29.2 Å². The molecule has 6 atom stereocenters. The number of hydrogen-bond acceptors (Lipinski definition) is 13. The molecular formula is C34H32N2O13. The summed E-state index contributed by atoms with van der Waals surface area (Å²) in [6, 6.07) is 14.1. The maximum absolute atomic E-state index is 11.7. The molecule has 6 rings (SSSR count). The van der Waals surface area contributed by atoms with Crippen molar-refractivity contribution in [2.45, 2.75) is 49.8 Å². The number of phenols is 2. The van der Waals surface area contributed by atoms with Crippen molar-refractivity contribution in [2.75, 3.05) is 6.61 Å². The minimum absolute atomic E-state index is 0.0450. The zero-order chi connectivity index (χ0) is 34.8. The summed E-state index contributed by atoms with van der Waals surface area (Å²) in [6.45, 7) is 0.117. The summed E-state index contributed by atoms with van der Waals surface area (Å²) in [5.74, 6) is -2.71. The van der Waals surface area contributed by atoms with Gasteiger partial charge in [-0.1, -0.05) is 24.3 Å². The summed E-state index contributed by atoms with van der Waals surface area (Å²) >= 11 is 0. The quantitative estimate of drug-likeness (QED) is 0.146. The Labute approximate surface area is 278 Å². The number of phenolic OH excluding ortho intramolecular Hbond substituents is 2. The Bertz CT molecular complexity index is 1840. The first kappa shape index (κ1) is 33.3. The molecule has 0 bridgehead atoms. The number of carboxylic acids is 1. The molecule has 3 aliphatic rings. The molecule has 1 fully saturated rings. The van der Waals surface area contributed by atoms with Gasteiger partial charge in [0.25, 0.3) is 0 Å². The van der Waals surface area contributed by atoms with Crippen LogP contribution in [0.15, 0.2) is 77.8 Å². The fraction of sp³-hybridized carbons (Fsp3) is 0.265. The minimum atomic E-state index is -1.97. The van der Waals surface area contributed by atoms with E-state index >= 15 is 0 Å². The number of amidine groups is 1. The number of nitrogens with one attached hydrogen (secondary N) is 1. The number of rotatable bonds is 11. The van der Waals surface area contributed by atoms with Gasteiger partial charge in [0.1, 0.15) is 65.4 Å². The number of benzene rings is 3. The number of aliphatic hydroxyl groups excluding tert-OH is 4. The van der Waals surface area contributed by atoms with Gasteiger partial charge in [0.15, 0.2) is 17.6 Å². The number of nitrogens with zero attached hydrogens (tertiary/aromatic N) is 1. The molecule has 0 aliphatic carbocycles. The number of hydrogen-bond donors (Lipinski definition) is 8. The van der Waals surface area contributed by atoms with Crippen molar-refractivity contribution in [1.29, 1.82) is 5.41 Å². The van der Waals surface area contributed by atoms with Crippen LogP contribution in [0.3, 0.4) is 0 Å². The van der Waals surface area contributed by atoms with Gasteiger partial charge in [-0.05, 0) is 47.5 Å². The summed E-state index contributed by atoms with van der Waals surface area (Å²) in [5.41, 5.74) is 1.67. The Morgan fingerprint density at radius 1 is 0.939 bits per heavy atom. The van der Waals surface area contributed by atoms with Crippen LogP contribution in [0.5, 0.6) is 34.5 Å².